The summed E-state index contributed by atoms with van der Waals surface area (Å²) in [4.78, 5) is 2.70. The van der Waals surface area contributed by atoms with Crippen molar-refractivity contribution in [3.63, 3.8) is 0 Å². The molecular formula is C17H34N2O. The molecule has 118 valence electrons. The van der Waals surface area contributed by atoms with Crippen molar-refractivity contribution in [2.45, 2.75) is 83.6 Å². The van der Waals surface area contributed by atoms with Crippen LogP contribution in [-0.2, 0) is 4.74 Å². The van der Waals surface area contributed by atoms with Crippen molar-refractivity contribution in [2.24, 2.45) is 5.92 Å². The van der Waals surface area contributed by atoms with E-state index >= 15 is 0 Å². The summed E-state index contributed by atoms with van der Waals surface area (Å²) in [5.41, 5.74) is -0.138. The second-order valence-electron chi connectivity index (χ2n) is 7.71. The molecule has 1 aliphatic carbocycles. The van der Waals surface area contributed by atoms with E-state index in [2.05, 4.69) is 51.9 Å². The summed E-state index contributed by atoms with van der Waals surface area (Å²) in [6.07, 6.45) is 5.59. The van der Waals surface area contributed by atoms with Crippen LogP contribution in [-0.4, -0.2) is 48.3 Å². The molecule has 20 heavy (non-hydrogen) atoms. The van der Waals surface area contributed by atoms with Crippen LogP contribution in [0.15, 0.2) is 0 Å². The van der Waals surface area contributed by atoms with Gasteiger partial charge in [0.1, 0.15) is 0 Å². The van der Waals surface area contributed by atoms with E-state index in [0.717, 1.165) is 19.1 Å². The Morgan fingerprint density at radius 2 is 1.70 bits per heavy atom. The molecule has 0 aromatic heterocycles. The molecule has 0 radical (unpaired) electrons. The average Bonchev–Trinajstić information content (AvgIpc) is 2.90. The predicted molar refractivity (Wildman–Crippen MR) is 85.1 cm³/mol. The average molecular weight is 282 g/mol. The van der Waals surface area contributed by atoms with E-state index in [9.17, 15) is 0 Å². The second-order valence-corrected chi connectivity index (χ2v) is 7.71. The third kappa shape index (κ3) is 3.05. The lowest BCUT2D eigenvalue weighted by atomic mass is 9.82. The Balaban J connectivity index is 2.12. The van der Waals surface area contributed by atoms with Crippen molar-refractivity contribution in [3.8, 4) is 0 Å². The molecule has 1 heterocycles. The summed E-state index contributed by atoms with van der Waals surface area (Å²) in [5, 5.41) is 3.53. The molecule has 2 fully saturated rings. The maximum absolute atomic E-state index is 6.37. The SMILES string of the molecule is CCN(CC1C(NC)C(C)(C)OC1(C)C)C1CCCC1. The summed E-state index contributed by atoms with van der Waals surface area (Å²) in [5.74, 6) is 0.544. The van der Waals surface area contributed by atoms with E-state index in [0.29, 0.717) is 12.0 Å². The molecule has 0 spiro atoms. The molecule has 2 aliphatic rings. The van der Waals surface area contributed by atoms with Crippen LogP contribution in [0.25, 0.3) is 0 Å². The smallest absolute Gasteiger partial charge is 0.0790 e. The minimum atomic E-state index is -0.0853. The van der Waals surface area contributed by atoms with E-state index in [1.54, 1.807) is 0 Å². The molecule has 0 bridgehead atoms. The monoisotopic (exact) mass is 282 g/mol. The highest BCUT2D eigenvalue weighted by Crippen LogP contribution is 2.43. The van der Waals surface area contributed by atoms with Crippen LogP contribution in [0.1, 0.15) is 60.3 Å². The van der Waals surface area contributed by atoms with Crippen LogP contribution < -0.4 is 5.32 Å². The van der Waals surface area contributed by atoms with Crippen LogP contribution in [0.4, 0.5) is 0 Å². The number of hydrogen-bond donors (Lipinski definition) is 1. The van der Waals surface area contributed by atoms with Crippen molar-refractivity contribution in [2.75, 3.05) is 20.1 Å². The lowest BCUT2D eigenvalue weighted by Crippen LogP contribution is -2.51. The highest BCUT2D eigenvalue weighted by atomic mass is 16.5. The predicted octanol–water partition coefficient (Wildman–Crippen LogP) is 3.04. The van der Waals surface area contributed by atoms with Gasteiger partial charge in [0.15, 0.2) is 0 Å². The molecule has 0 amide bonds. The van der Waals surface area contributed by atoms with Gasteiger partial charge in [-0.05, 0) is 54.1 Å². The van der Waals surface area contributed by atoms with Gasteiger partial charge in [-0.2, -0.15) is 0 Å². The van der Waals surface area contributed by atoms with E-state index in [1.165, 1.54) is 25.7 Å². The van der Waals surface area contributed by atoms with Gasteiger partial charge in [-0.25, -0.2) is 0 Å². The summed E-state index contributed by atoms with van der Waals surface area (Å²) in [6, 6.07) is 1.23. The zero-order chi connectivity index (χ0) is 15.0. The number of nitrogens with zero attached hydrogens (tertiary/aromatic N) is 1. The first kappa shape index (κ1) is 16.3. The molecule has 0 aromatic carbocycles. The zero-order valence-corrected chi connectivity index (χ0v) is 14.3. The maximum atomic E-state index is 6.37. The van der Waals surface area contributed by atoms with E-state index < -0.39 is 0 Å². The van der Waals surface area contributed by atoms with Crippen LogP contribution >= 0.6 is 0 Å². The minimum absolute atomic E-state index is 0.0524. The topological polar surface area (TPSA) is 24.5 Å². The standard InChI is InChI=1S/C17H34N2O/c1-7-19(13-10-8-9-11-13)12-14-15(18-6)17(4,5)20-16(14,2)3/h13-15,18H,7-12H2,1-6H3. The van der Waals surface area contributed by atoms with Crippen molar-refractivity contribution < 1.29 is 4.74 Å². The largest absolute Gasteiger partial charge is 0.368 e. The molecule has 2 unspecified atom stereocenters. The lowest BCUT2D eigenvalue weighted by molar-refractivity contribution is -0.0799. The quantitative estimate of drug-likeness (QED) is 0.839. The third-order valence-electron chi connectivity index (χ3n) is 5.56. The highest BCUT2D eigenvalue weighted by Gasteiger charge is 2.53. The fourth-order valence-electron chi connectivity index (χ4n) is 4.64. The van der Waals surface area contributed by atoms with E-state index in [4.69, 9.17) is 4.74 Å². The van der Waals surface area contributed by atoms with Crippen molar-refractivity contribution >= 4 is 0 Å². The third-order valence-corrected chi connectivity index (χ3v) is 5.56. The number of likely N-dealkylation sites (N-methyl/N-ethyl adjacent to an activating group) is 1. The Morgan fingerprint density at radius 3 is 2.20 bits per heavy atom. The van der Waals surface area contributed by atoms with E-state index in [-0.39, 0.29) is 11.2 Å². The summed E-state index contributed by atoms with van der Waals surface area (Å²) >= 11 is 0. The highest BCUT2D eigenvalue weighted by molar-refractivity contribution is 5.06. The molecule has 0 aromatic rings. The Kier molecular flexibility index (Phi) is 4.83. The van der Waals surface area contributed by atoms with Crippen LogP contribution in [0.5, 0.6) is 0 Å². The summed E-state index contributed by atoms with van der Waals surface area (Å²) in [6.45, 7) is 13.6. The van der Waals surface area contributed by atoms with Crippen molar-refractivity contribution in [1.29, 1.82) is 0 Å². The molecule has 2 rings (SSSR count). The van der Waals surface area contributed by atoms with Crippen LogP contribution in [0.2, 0.25) is 0 Å². The Morgan fingerprint density at radius 1 is 1.10 bits per heavy atom. The van der Waals surface area contributed by atoms with Gasteiger partial charge in [-0.3, -0.25) is 0 Å². The van der Waals surface area contributed by atoms with Gasteiger partial charge in [0.2, 0.25) is 0 Å². The molecule has 1 saturated heterocycles. The maximum Gasteiger partial charge on any atom is 0.0790 e. The fourth-order valence-corrected chi connectivity index (χ4v) is 4.64. The first-order chi connectivity index (χ1) is 9.31. The van der Waals surface area contributed by atoms with Gasteiger partial charge in [0.05, 0.1) is 11.2 Å². The van der Waals surface area contributed by atoms with Gasteiger partial charge in [0.25, 0.3) is 0 Å². The molecular weight excluding hydrogens is 248 g/mol. The Bertz CT molecular complexity index is 321. The van der Waals surface area contributed by atoms with E-state index in [1.807, 2.05) is 0 Å². The van der Waals surface area contributed by atoms with Crippen molar-refractivity contribution in [3.05, 3.63) is 0 Å². The molecule has 3 nitrogen and oxygen atoms in total. The van der Waals surface area contributed by atoms with Gasteiger partial charge < -0.3 is 15.0 Å². The van der Waals surface area contributed by atoms with Gasteiger partial charge in [-0.15, -0.1) is 0 Å². The molecule has 2 atom stereocenters. The number of ether oxygens (including phenoxy) is 1. The Hall–Kier alpha value is -0.120. The first-order valence-corrected chi connectivity index (χ1v) is 8.43. The normalized spacial score (nSPS) is 33.1. The molecule has 1 aliphatic heterocycles. The molecule has 3 heteroatoms. The van der Waals surface area contributed by atoms with Gasteiger partial charge in [0, 0.05) is 24.5 Å². The minimum Gasteiger partial charge on any atom is -0.368 e. The van der Waals surface area contributed by atoms with Gasteiger partial charge in [-0.1, -0.05) is 19.8 Å². The zero-order valence-electron chi connectivity index (χ0n) is 14.3. The first-order valence-electron chi connectivity index (χ1n) is 8.43. The summed E-state index contributed by atoms with van der Waals surface area (Å²) in [7, 11) is 2.08. The van der Waals surface area contributed by atoms with Gasteiger partial charge >= 0.3 is 0 Å². The molecule has 1 N–H and O–H groups in total. The lowest BCUT2D eigenvalue weighted by Gasteiger charge is -2.36. The summed E-state index contributed by atoms with van der Waals surface area (Å²) < 4.78 is 6.37. The van der Waals surface area contributed by atoms with Crippen molar-refractivity contribution in [1.82, 2.24) is 10.2 Å². The Labute approximate surface area is 125 Å². The molecule has 1 saturated carbocycles. The number of rotatable bonds is 5. The van der Waals surface area contributed by atoms with Crippen LogP contribution in [0, 0.1) is 5.92 Å². The fraction of sp³-hybridized carbons (Fsp3) is 1.00. The van der Waals surface area contributed by atoms with Crippen LogP contribution in [0.3, 0.4) is 0 Å². The number of nitrogens with one attached hydrogen (secondary N) is 1. The number of hydrogen-bond acceptors (Lipinski definition) is 3. The second kappa shape index (κ2) is 5.94.